The minimum atomic E-state index is -0.798. The molecule has 1 atom stereocenters. The lowest BCUT2D eigenvalue weighted by atomic mass is 10.1. The van der Waals surface area contributed by atoms with E-state index in [9.17, 15) is 14.4 Å². The van der Waals surface area contributed by atoms with Crippen LogP contribution in [0.25, 0.3) is 0 Å². The molecule has 65 heavy (non-hydrogen) atoms. The van der Waals surface area contributed by atoms with Crippen LogP contribution < -0.4 is 0 Å². The van der Waals surface area contributed by atoms with Gasteiger partial charge in [0.05, 0.1) is 0 Å². The molecule has 0 saturated heterocycles. The predicted octanol–water partition coefficient (Wildman–Crippen LogP) is 18.7. The van der Waals surface area contributed by atoms with Gasteiger partial charge >= 0.3 is 17.9 Å². The Morgan fingerprint density at radius 1 is 0.308 bits per heavy atom. The van der Waals surface area contributed by atoms with Gasteiger partial charge in [0.1, 0.15) is 13.2 Å². The SMILES string of the molecule is CCCCCCCC/C=C/C/C=C/CCC(=O)OCC(COC(=O)CCCCCCCCC/C=C/CCCCCCCC)OC(=O)CCCCCCCCC/C=C/CCCCCCCC. The molecule has 6 nitrogen and oxygen atoms in total. The molecule has 0 bridgehead atoms. The maximum absolute atomic E-state index is 12.8. The Balaban J connectivity index is 4.41. The summed E-state index contributed by atoms with van der Waals surface area (Å²) < 4.78 is 16.8. The molecule has 0 aliphatic rings. The number of carbonyl (C=O) groups is 3. The molecular formula is C59H106O6. The molecule has 0 amide bonds. The zero-order valence-corrected chi connectivity index (χ0v) is 43.3. The zero-order valence-electron chi connectivity index (χ0n) is 43.3. The van der Waals surface area contributed by atoms with E-state index in [4.69, 9.17) is 14.2 Å². The molecular weight excluding hydrogens is 805 g/mol. The molecule has 378 valence electrons. The van der Waals surface area contributed by atoms with Gasteiger partial charge in [0, 0.05) is 19.3 Å². The summed E-state index contributed by atoms with van der Waals surface area (Å²) in [6, 6.07) is 0. The van der Waals surface area contributed by atoms with Gasteiger partial charge < -0.3 is 14.2 Å². The number of unbranched alkanes of at least 4 members (excludes halogenated alkanes) is 32. The lowest BCUT2D eigenvalue weighted by Gasteiger charge is -2.18. The summed E-state index contributed by atoms with van der Waals surface area (Å²) in [4.78, 5) is 38.0. The van der Waals surface area contributed by atoms with Crippen molar-refractivity contribution in [3.05, 3.63) is 48.6 Å². The number of esters is 3. The van der Waals surface area contributed by atoms with Crippen molar-refractivity contribution in [1.82, 2.24) is 0 Å². The molecule has 0 radical (unpaired) electrons. The maximum atomic E-state index is 12.8. The lowest BCUT2D eigenvalue weighted by Crippen LogP contribution is -2.30. The Morgan fingerprint density at radius 2 is 0.585 bits per heavy atom. The first-order valence-corrected chi connectivity index (χ1v) is 28.1. The van der Waals surface area contributed by atoms with E-state index in [0.717, 1.165) is 51.4 Å². The third-order valence-corrected chi connectivity index (χ3v) is 12.3. The Hall–Kier alpha value is -2.63. The minimum Gasteiger partial charge on any atom is -0.462 e. The summed E-state index contributed by atoms with van der Waals surface area (Å²) in [5, 5.41) is 0. The molecule has 0 rings (SSSR count). The number of ether oxygens (including phenoxy) is 3. The van der Waals surface area contributed by atoms with Gasteiger partial charge in [-0.05, 0) is 89.9 Å². The molecule has 0 N–H and O–H groups in total. The summed E-state index contributed by atoms with van der Waals surface area (Å²) >= 11 is 0. The quantitative estimate of drug-likeness (QED) is 0.0262. The first kappa shape index (κ1) is 62.4. The highest BCUT2D eigenvalue weighted by atomic mass is 16.6. The molecule has 0 aliphatic heterocycles. The van der Waals surface area contributed by atoms with Crippen molar-refractivity contribution in [2.24, 2.45) is 0 Å². The van der Waals surface area contributed by atoms with E-state index in [1.165, 1.54) is 193 Å². The molecule has 0 heterocycles. The van der Waals surface area contributed by atoms with Gasteiger partial charge in [0.25, 0.3) is 0 Å². The Kier molecular flexibility index (Phi) is 51.8. The van der Waals surface area contributed by atoms with Crippen molar-refractivity contribution >= 4 is 17.9 Å². The van der Waals surface area contributed by atoms with Gasteiger partial charge in [-0.25, -0.2) is 0 Å². The summed E-state index contributed by atoms with van der Waals surface area (Å²) in [6.07, 6.45) is 65.4. The van der Waals surface area contributed by atoms with Gasteiger partial charge in [-0.15, -0.1) is 0 Å². The molecule has 6 heteroatoms. The van der Waals surface area contributed by atoms with Gasteiger partial charge in [-0.3, -0.25) is 14.4 Å². The fourth-order valence-corrected chi connectivity index (χ4v) is 8.01. The Morgan fingerprint density at radius 3 is 0.954 bits per heavy atom. The van der Waals surface area contributed by atoms with Crippen LogP contribution in [0.4, 0.5) is 0 Å². The van der Waals surface area contributed by atoms with Crippen LogP contribution in [0, 0.1) is 0 Å². The van der Waals surface area contributed by atoms with E-state index in [2.05, 4.69) is 63.3 Å². The number of rotatable bonds is 51. The van der Waals surface area contributed by atoms with Crippen molar-refractivity contribution in [2.75, 3.05) is 13.2 Å². The third kappa shape index (κ3) is 52.2. The van der Waals surface area contributed by atoms with Crippen LogP contribution >= 0.6 is 0 Å². The van der Waals surface area contributed by atoms with Crippen LogP contribution in [0.15, 0.2) is 48.6 Å². The first-order valence-electron chi connectivity index (χ1n) is 28.1. The first-order chi connectivity index (χ1) is 32.0. The normalized spacial score (nSPS) is 12.4. The molecule has 0 fully saturated rings. The molecule has 0 spiro atoms. The number of carbonyl (C=O) groups excluding carboxylic acids is 3. The van der Waals surface area contributed by atoms with E-state index < -0.39 is 6.10 Å². The van der Waals surface area contributed by atoms with Crippen molar-refractivity contribution in [1.29, 1.82) is 0 Å². The largest absolute Gasteiger partial charge is 0.462 e. The maximum Gasteiger partial charge on any atom is 0.306 e. The van der Waals surface area contributed by atoms with Crippen LogP contribution in [0.3, 0.4) is 0 Å². The fourth-order valence-electron chi connectivity index (χ4n) is 8.01. The Labute approximate surface area is 403 Å². The zero-order chi connectivity index (χ0) is 47.2. The van der Waals surface area contributed by atoms with Gasteiger partial charge in [0.2, 0.25) is 0 Å². The second kappa shape index (κ2) is 54.0. The van der Waals surface area contributed by atoms with Gasteiger partial charge in [-0.1, -0.05) is 230 Å². The van der Waals surface area contributed by atoms with Crippen LogP contribution in [0.5, 0.6) is 0 Å². The average molecular weight is 911 g/mol. The minimum absolute atomic E-state index is 0.0928. The van der Waals surface area contributed by atoms with Gasteiger partial charge in [0.15, 0.2) is 6.10 Å². The van der Waals surface area contributed by atoms with E-state index in [-0.39, 0.29) is 37.5 Å². The fraction of sp³-hybridized carbons (Fsp3) is 0.814. The Bertz CT molecular complexity index is 1140. The molecule has 0 saturated carbocycles. The number of allylic oxidation sites excluding steroid dienone is 8. The molecule has 0 aliphatic carbocycles. The molecule has 0 aromatic carbocycles. The van der Waals surface area contributed by atoms with Crippen LogP contribution in [-0.4, -0.2) is 37.2 Å². The summed E-state index contributed by atoms with van der Waals surface area (Å²) in [5.41, 5.74) is 0. The van der Waals surface area contributed by atoms with Crippen molar-refractivity contribution in [3.8, 4) is 0 Å². The smallest absolute Gasteiger partial charge is 0.306 e. The van der Waals surface area contributed by atoms with Crippen molar-refractivity contribution < 1.29 is 28.6 Å². The van der Waals surface area contributed by atoms with Crippen LogP contribution in [0.1, 0.15) is 290 Å². The van der Waals surface area contributed by atoms with E-state index in [1.807, 2.05) is 6.08 Å². The third-order valence-electron chi connectivity index (χ3n) is 12.3. The highest BCUT2D eigenvalue weighted by Gasteiger charge is 2.19. The topological polar surface area (TPSA) is 78.9 Å². The lowest BCUT2D eigenvalue weighted by molar-refractivity contribution is -0.166. The molecule has 0 aromatic rings. The standard InChI is InChI=1S/C59H106O6/c1-4-7-10-13-16-19-22-25-27-29-31-34-37-40-43-46-49-52-58(61)64-55-56(54-63-57(60)51-48-45-42-39-36-33-24-21-18-15-12-9-6-3)65-59(62)53-50-47-44-41-38-35-32-30-28-26-23-20-17-14-11-8-5-2/h25-28,33,36,42,45,56H,4-24,29-32,34-35,37-41,43-44,46-55H2,1-3H3/b27-25+,28-26+,36-33+,45-42+. The summed E-state index contributed by atoms with van der Waals surface area (Å²) in [5.74, 6) is -0.961. The highest BCUT2D eigenvalue weighted by Crippen LogP contribution is 2.15. The van der Waals surface area contributed by atoms with Crippen molar-refractivity contribution in [3.63, 3.8) is 0 Å². The second-order valence-corrected chi connectivity index (χ2v) is 18.8. The number of hydrogen-bond donors (Lipinski definition) is 0. The predicted molar refractivity (Wildman–Crippen MR) is 279 cm³/mol. The second-order valence-electron chi connectivity index (χ2n) is 18.8. The number of hydrogen-bond acceptors (Lipinski definition) is 6. The van der Waals surface area contributed by atoms with Crippen LogP contribution in [0.2, 0.25) is 0 Å². The highest BCUT2D eigenvalue weighted by molar-refractivity contribution is 5.71. The summed E-state index contributed by atoms with van der Waals surface area (Å²) in [7, 11) is 0. The monoisotopic (exact) mass is 911 g/mol. The van der Waals surface area contributed by atoms with Crippen LogP contribution in [-0.2, 0) is 28.6 Å². The van der Waals surface area contributed by atoms with Crippen molar-refractivity contribution in [2.45, 2.75) is 297 Å². The molecule has 0 aromatic heterocycles. The molecule has 1 unspecified atom stereocenters. The summed E-state index contributed by atoms with van der Waals surface area (Å²) in [6.45, 7) is 6.59. The van der Waals surface area contributed by atoms with E-state index in [1.54, 1.807) is 0 Å². The average Bonchev–Trinajstić information content (AvgIpc) is 3.30. The van der Waals surface area contributed by atoms with E-state index >= 15 is 0 Å². The van der Waals surface area contributed by atoms with Gasteiger partial charge in [-0.2, -0.15) is 0 Å². The van der Waals surface area contributed by atoms with E-state index in [0.29, 0.717) is 19.3 Å².